The van der Waals surface area contributed by atoms with Crippen LogP contribution in [0.5, 0.6) is 11.5 Å². The van der Waals surface area contributed by atoms with Gasteiger partial charge in [-0.05, 0) is 30.5 Å². The maximum absolute atomic E-state index is 13.9. The van der Waals surface area contributed by atoms with Crippen LogP contribution in [-0.4, -0.2) is 37.2 Å². The normalized spacial score (nSPS) is 22.7. The lowest BCUT2D eigenvalue weighted by molar-refractivity contribution is -0.128. The number of nitrogens with one attached hydrogen (secondary N) is 1. The molecule has 25 heavy (non-hydrogen) atoms. The molecular formula is C18H19FN2O4. The largest absolute Gasteiger partial charge is 0.496 e. The van der Waals surface area contributed by atoms with Crippen LogP contribution in [0.2, 0.25) is 0 Å². The van der Waals surface area contributed by atoms with E-state index in [1.54, 1.807) is 24.3 Å². The fourth-order valence-electron chi connectivity index (χ4n) is 3.00. The molecule has 0 aromatic heterocycles. The van der Waals surface area contributed by atoms with Crippen LogP contribution < -0.4 is 20.5 Å². The van der Waals surface area contributed by atoms with Gasteiger partial charge in [-0.25, -0.2) is 4.39 Å². The first kappa shape index (κ1) is 17.0. The molecule has 2 amide bonds. The summed E-state index contributed by atoms with van der Waals surface area (Å²) in [6.45, 7) is 1.40. The minimum atomic E-state index is -1.87. The number of carbonyl (C=O) groups is 2. The van der Waals surface area contributed by atoms with E-state index in [1.165, 1.54) is 14.0 Å². The van der Waals surface area contributed by atoms with E-state index in [-0.39, 0.29) is 18.6 Å². The first-order valence-electron chi connectivity index (χ1n) is 7.85. The molecule has 0 saturated carbocycles. The number of amides is 2. The van der Waals surface area contributed by atoms with Gasteiger partial charge in [-0.15, -0.1) is 0 Å². The highest BCUT2D eigenvalue weighted by molar-refractivity contribution is 6.02. The van der Waals surface area contributed by atoms with Gasteiger partial charge in [0.05, 0.1) is 18.7 Å². The van der Waals surface area contributed by atoms with Gasteiger partial charge in [-0.2, -0.15) is 0 Å². The summed E-state index contributed by atoms with van der Waals surface area (Å²) in [6.07, 6.45) is 0.0613. The fourth-order valence-corrected chi connectivity index (χ4v) is 3.00. The predicted octanol–water partition coefficient (Wildman–Crippen LogP) is 1.94. The molecule has 2 atom stereocenters. The molecule has 7 heteroatoms. The summed E-state index contributed by atoms with van der Waals surface area (Å²) in [6, 6.07) is 8.28. The molecule has 132 valence electrons. The summed E-state index contributed by atoms with van der Waals surface area (Å²) in [5.74, 6) is -0.303. The van der Waals surface area contributed by atoms with Crippen molar-refractivity contribution in [2.75, 3.05) is 13.7 Å². The van der Waals surface area contributed by atoms with Gasteiger partial charge in [0.2, 0.25) is 0 Å². The number of hydrogen-bond acceptors (Lipinski definition) is 4. The van der Waals surface area contributed by atoms with Crippen molar-refractivity contribution in [3.05, 3.63) is 35.9 Å². The molecule has 3 N–H and O–H groups in total. The number of nitrogens with two attached hydrogens (primary N) is 1. The Balaban J connectivity index is 1.87. The first-order chi connectivity index (χ1) is 11.8. The zero-order valence-electron chi connectivity index (χ0n) is 14.0. The Morgan fingerprint density at radius 2 is 2.16 bits per heavy atom. The molecule has 3 rings (SSSR count). The maximum atomic E-state index is 13.9. The number of hydrogen-bond donors (Lipinski definition) is 2. The van der Waals surface area contributed by atoms with Crippen LogP contribution in [0.1, 0.15) is 23.7 Å². The molecule has 1 saturated heterocycles. The predicted molar refractivity (Wildman–Crippen MR) is 90.6 cm³/mol. The van der Waals surface area contributed by atoms with Gasteiger partial charge in [0.25, 0.3) is 11.8 Å². The monoisotopic (exact) mass is 346 g/mol. The van der Waals surface area contributed by atoms with E-state index in [2.05, 4.69) is 5.32 Å². The SMILES string of the molecule is COc1cc2c(OC[C@@H]3C[C@](C)(F)C(=O)N3)cccc2cc1C(N)=O. The number of carbonyl (C=O) groups excluding carboxylic acids is 2. The van der Waals surface area contributed by atoms with Gasteiger partial charge in [-0.3, -0.25) is 9.59 Å². The van der Waals surface area contributed by atoms with Crippen LogP contribution in [0.4, 0.5) is 4.39 Å². The number of ether oxygens (including phenoxy) is 2. The van der Waals surface area contributed by atoms with E-state index in [1.807, 2.05) is 6.07 Å². The maximum Gasteiger partial charge on any atom is 0.257 e. The third kappa shape index (κ3) is 3.22. The third-order valence-corrected chi connectivity index (χ3v) is 4.30. The number of benzene rings is 2. The van der Waals surface area contributed by atoms with Gasteiger partial charge in [-0.1, -0.05) is 12.1 Å². The van der Waals surface area contributed by atoms with Crippen molar-refractivity contribution in [2.45, 2.75) is 25.1 Å². The summed E-state index contributed by atoms with van der Waals surface area (Å²) in [4.78, 5) is 23.0. The zero-order valence-corrected chi connectivity index (χ0v) is 14.0. The van der Waals surface area contributed by atoms with Crippen LogP contribution in [0.15, 0.2) is 30.3 Å². The summed E-state index contributed by atoms with van der Waals surface area (Å²) in [7, 11) is 1.45. The average molecular weight is 346 g/mol. The second-order valence-corrected chi connectivity index (χ2v) is 6.28. The van der Waals surface area contributed by atoms with Crippen LogP contribution in [0.25, 0.3) is 10.8 Å². The highest BCUT2D eigenvalue weighted by atomic mass is 19.1. The van der Waals surface area contributed by atoms with Gasteiger partial charge >= 0.3 is 0 Å². The summed E-state index contributed by atoms with van der Waals surface area (Å²) in [5.41, 5.74) is 3.79. The molecule has 1 aliphatic rings. The van der Waals surface area contributed by atoms with Crippen LogP contribution >= 0.6 is 0 Å². The number of primary amides is 1. The van der Waals surface area contributed by atoms with Crippen molar-refractivity contribution < 1.29 is 23.5 Å². The van der Waals surface area contributed by atoms with Crippen molar-refractivity contribution >= 4 is 22.6 Å². The second-order valence-electron chi connectivity index (χ2n) is 6.28. The van der Waals surface area contributed by atoms with E-state index in [0.29, 0.717) is 11.5 Å². The lowest BCUT2D eigenvalue weighted by Gasteiger charge is -2.15. The van der Waals surface area contributed by atoms with Crippen molar-refractivity contribution in [1.29, 1.82) is 0 Å². The molecule has 2 aromatic carbocycles. The Morgan fingerprint density at radius 3 is 2.76 bits per heavy atom. The topological polar surface area (TPSA) is 90.7 Å². The molecule has 1 aliphatic heterocycles. The molecule has 0 spiro atoms. The molecule has 0 radical (unpaired) electrons. The van der Waals surface area contributed by atoms with Crippen molar-refractivity contribution in [1.82, 2.24) is 5.32 Å². The summed E-state index contributed by atoms with van der Waals surface area (Å²) < 4.78 is 24.9. The van der Waals surface area contributed by atoms with E-state index in [9.17, 15) is 14.0 Å². The zero-order chi connectivity index (χ0) is 18.2. The van der Waals surface area contributed by atoms with Gasteiger partial charge < -0.3 is 20.5 Å². The Labute approximate surface area is 144 Å². The Morgan fingerprint density at radius 1 is 1.40 bits per heavy atom. The standard InChI is InChI=1S/C18H19FN2O4/c1-18(19)8-11(21-17(18)23)9-25-14-5-3-4-10-6-13(16(20)22)15(24-2)7-12(10)14/h3-7,11H,8-9H2,1-2H3,(H2,20,22)(H,21,23)/t11-,18-/m0/s1. The number of halogens is 1. The average Bonchev–Trinajstić information content (AvgIpc) is 2.83. The van der Waals surface area contributed by atoms with Gasteiger partial charge in [0, 0.05) is 11.8 Å². The van der Waals surface area contributed by atoms with E-state index in [4.69, 9.17) is 15.2 Å². The molecule has 0 aliphatic carbocycles. The Kier molecular flexibility index (Phi) is 4.24. The van der Waals surface area contributed by atoms with Crippen molar-refractivity contribution in [3.63, 3.8) is 0 Å². The highest BCUT2D eigenvalue weighted by Crippen LogP contribution is 2.32. The molecule has 1 fully saturated rings. The number of rotatable bonds is 5. The molecule has 0 unspecified atom stereocenters. The molecule has 2 aromatic rings. The molecule has 6 nitrogen and oxygen atoms in total. The van der Waals surface area contributed by atoms with Crippen LogP contribution in [-0.2, 0) is 4.79 Å². The Bertz CT molecular complexity index is 850. The first-order valence-corrected chi connectivity index (χ1v) is 7.85. The summed E-state index contributed by atoms with van der Waals surface area (Å²) in [5, 5.41) is 4.08. The van der Waals surface area contributed by atoms with Gasteiger partial charge in [0.15, 0.2) is 5.67 Å². The van der Waals surface area contributed by atoms with Crippen LogP contribution in [0.3, 0.4) is 0 Å². The second kappa shape index (κ2) is 6.23. The number of alkyl halides is 1. The minimum Gasteiger partial charge on any atom is -0.496 e. The molecule has 0 bridgehead atoms. The van der Waals surface area contributed by atoms with Crippen molar-refractivity contribution in [3.8, 4) is 11.5 Å². The van der Waals surface area contributed by atoms with E-state index < -0.39 is 23.5 Å². The van der Waals surface area contributed by atoms with Crippen molar-refractivity contribution in [2.24, 2.45) is 5.73 Å². The lowest BCUT2D eigenvalue weighted by atomic mass is 10.0. The van der Waals surface area contributed by atoms with Gasteiger partial charge in [0.1, 0.15) is 18.1 Å². The molecule has 1 heterocycles. The van der Waals surface area contributed by atoms with Crippen LogP contribution in [0, 0.1) is 0 Å². The Hall–Kier alpha value is -2.83. The summed E-state index contributed by atoms with van der Waals surface area (Å²) >= 11 is 0. The van der Waals surface area contributed by atoms with E-state index in [0.717, 1.165) is 10.8 Å². The number of fused-ring (bicyclic) bond motifs is 1. The van der Waals surface area contributed by atoms with E-state index >= 15 is 0 Å². The highest BCUT2D eigenvalue weighted by Gasteiger charge is 2.43. The smallest absolute Gasteiger partial charge is 0.257 e. The molecular weight excluding hydrogens is 327 g/mol. The minimum absolute atomic E-state index is 0.0613. The fraction of sp³-hybridized carbons (Fsp3) is 0.333. The number of methoxy groups -OCH3 is 1. The lowest BCUT2D eigenvalue weighted by Crippen LogP contribution is -2.33. The quantitative estimate of drug-likeness (QED) is 0.866. The third-order valence-electron chi connectivity index (χ3n) is 4.30.